The number of aliphatic hydroxyl groups excluding tert-OH is 1. The lowest BCUT2D eigenvalue weighted by Gasteiger charge is -2.32. The molecule has 2 heterocycles. The standard InChI is InChI=1S/C24H32N3O9PS/c1-14(2)34-21(30)15(3)26-37(38,36-17-7-5-4-6-8-17)33-13-18-20(29)24(32,16-9-10-16)22(35-18)27-12-11-19(28)25-23(27)31/h4-8,11-12,14-16,18,20,22,29,32H,9-10,13H2,1-3H3,(H,26,38)(H,25,28,31)/t15-,18+,20+,22+,24+,37?/m0/s1. The van der Waals surface area contributed by atoms with Crippen LogP contribution in [0.2, 0.25) is 0 Å². The van der Waals surface area contributed by atoms with Gasteiger partial charge in [-0.1, -0.05) is 18.2 Å². The van der Waals surface area contributed by atoms with Gasteiger partial charge in [-0.3, -0.25) is 19.1 Å². The highest BCUT2D eigenvalue weighted by Crippen LogP contribution is 2.53. The van der Waals surface area contributed by atoms with E-state index in [0.29, 0.717) is 18.6 Å². The maximum atomic E-state index is 12.5. The monoisotopic (exact) mass is 569 g/mol. The largest absolute Gasteiger partial charge is 0.462 e. The van der Waals surface area contributed by atoms with E-state index in [4.69, 9.17) is 30.3 Å². The van der Waals surface area contributed by atoms with E-state index in [1.54, 1.807) is 51.1 Å². The first-order valence-electron chi connectivity index (χ1n) is 12.3. The van der Waals surface area contributed by atoms with Crippen molar-refractivity contribution in [3.05, 3.63) is 63.4 Å². The third-order valence-electron chi connectivity index (χ3n) is 6.30. The van der Waals surface area contributed by atoms with Crippen LogP contribution < -0.4 is 20.9 Å². The molecule has 208 valence electrons. The summed E-state index contributed by atoms with van der Waals surface area (Å²) in [6, 6.07) is 8.90. The lowest BCUT2D eigenvalue weighted by molar-refractivity contribution is -0.149. The zero-order valence-electron chi connectivity index (χ0n) is 21.2. The van der Waals surface area contributed by atoms with E-state index in [1.165, 1.54) is 6.20 Å². The number of esters is 1. The lowest BCUT2D eigenvalue weighted by Crippen LogP contribution is -2.51. The van der Waals surface area contributed by atoms with Gasteiger partial charge < -0.3 is 28.7 Å². The summed E-state index contributed by atoms with van der Waals surface area (Å²) in [7, 11) is 0. The number of benzene rings is 1. The first-order chi connectivity index (χ1) is 17.9. The maximum Gasteiger partial charge on any atom is 0.330 e. The smallest absolute Gasteiger partial charge is 0.330 e. The lowest BCUT2D eigenvalue weighted by atomic mass is 9.89. The number of carbonyl (C=O) groups is 1. The number of H-pyrrole nitrogens is 1. The Morgan fingerprint density at radius 1 is 1.26 bits per heavy atom. The van der Waals surface area contributed by atoms with Gasteiger partial charge in [0, 0.05) is 12.3 Å². The van der Waals surface area contributed by atoms with E-state index in [0.717, 1.165) is 10.6 Å². The normalized spacial score (nSPS) is 27.6. The number of rotatable bonds is 11. The van der Waals surface area contributed by atoms with E-state index in [2.05, 4.69) is 10.1 Å². The van der Waals surface area contributed by atoms with Crippen molar-refractivity contribution >= 4 is 24.4 Å². The molecule has 0 radical (unpaired) electrons. The predicted molar refractivity (Wildman–Crippen MR) is 140 cm³/mol. The molecule has 0 amide bonds. The minimum Gasteiger partial charge on any atom is -0.462 e. The molecule has 0 spiro atoms. The molecule has 1 aromatic carbocycles. The molecule has 2 fully saturated rings. The average Bonchev–Trinajstić information content (AvgIpc) is 3.67. The molecule has 1 saturated heterocycles. The molecule has 14 heteroatoms. The zero-order chi connectivity index (χ0) is 27.7. The van der Waals surface area contributed by atoms with E-state index < -0.39 is 53.9 Å². The minimum absolute atomic E-state index is 0.320. The number of aliphatic hydroxyl groups is 2. The molecular weight excluding hydrogens is 537 g/mol. The second-order valence-electron chi connectivity index (χ2n) is 9.68. The molecule has 1 saturated carbocycles. The Morgan fingerprint density at radius 2 is 1.95 bits per heavy atom. The highest BCUT2D eigenvalue weighted by molar-refractivity contribution is 8.09. The number of ether oxygens (including phenoxy) is 2. The van der Waals surface area contributed by atoms with Gasteiger partial charge in [-0.2, -0.15) is 0 Å². The van der Waals surface area contributed by atoms with Crippen LogP contribution in [0.25, 0.3) is 0 Å². The van der Waals surface area contributed by atoms with Crippen molar-refractivity contribution in [2.24, 2.45) is 5.92 Å². The molecule has 12 nitrogen and oxygen atoms in total. The second kappa shape index (κ2) is 11.4. The first kappa shape index (κ1) is 28.6. The van der Waals surface area contributed by atoms with Crippen LogP contribution in [0.3, 0.4) is 0 Å². The number of hydrogen-bond acceptors (Lipinski definition) is 10. The number of para-hydroxylation sites is 1. The molecule has 4 rings (SSSR count). The summed E-state index contributed by atoms with van der Waals surface area (Å²) in [4.78, 5) is 38.6. The summed E-state index contributed by atoms with van der Waals surface area (Å²) in [5.74, 6) is -0.473. The summed E-state index contributed by atoms with van der Waals surface area (Å²) in [6.45, 7) is 1.25. The van der Waals surface area contributed by atoms with Gasteiger partial charge in [0.25, 0.3) is 5.56 Å². The highest BCUT2D eigenvalue weighted by atomic mass is 32.5. The average molecular weight is 570 g/mol. The molecule has 1 aliphatic carbocycles. The van der Waals surface area contributed by atoms with Gasteiger partial charge in [-0.25, -0.2) is 9.88 Å². The zero-order valence-corrected chi connectivity index (χ0v) is 22.9. The van der Waals surface area contributed by atoms with Crippen molar-refractivity contribution in [2.45, 2.75) is 69.8 Å². The summed E-state index contributed by atoms with van der Waals surface area (Å²) >= 11 is 5.70. The maximum absolute atomic E-state index is 12.5. The Kier molecular flexibility index (Phi) is 8.58. The summed E-state index contributed by atoms with van der Waals surface area (Å²) < 4.78 is 24.2. The van der Waals surface area contributed by atoms with Crippen LogP contribution in [0, 0.1) is 5.92 Å². The van der Waals surface area contributed by atoms with Crippen LogP contribution in [-0.4, -0.2) is 62.3 Å². The molecule has 1 unspecified atom stereocenters. The van der Waals surface area contributed by atoms with Gasteiger partial charge in [-0.05, 0) is 63.5 Å². The Morgan fingerprint density at radius 3 is 2.55 bits per heavy atom. The fourth-order valence-electron chi connectivity index (χ4n) is 4.32. The van der Waals surface area contributed by atoms with Gasteiger partial charge in [-0.15, -0.1) is 0 Å². The SMILES string of the molecule is CC(C)OC(=O)[C@H](C)NP(=S)(OC[C@H]1O[C@@H](n2ccc(=O)[nH]c2=O)[C@@](O)(C2CC2)[C@@H]1O)Oc1ccccc1. The van der Waals surface area contributed by atoms with Gasteiger partial charge in [0.1, 0.15) is 29.6 Å². The minimum atomic E-state index is -3.44. The van der Waals surface area contributed by atoms with E-state index >= 15 is 0 Å². The van der Waals surface area contributed by atoms with E-state index in [-0.39, 0.29) is 18.6 Å². The number of nitrogens with zero attached hydrogens (tertiary/aromatic N) is 1. The van der Waals surface area contributed by atoms with Crippen LogP contribution >= 0.6 is 6.64 Å². The number of hydrogen-bond donors (Lipinski definition) is 4. The Bertz CT molecular complexity index is 1300. The van der Waals surface area contributed by atoms with Gasteiger partial charge in [0.05, 0.1) is 12.7 Å². The Labute approximate surface area is 224 Å². The molecule has 2 aliphatic rings. The Hall–Kier alpha value is -2.38. The fourth-order valence-corrected chi connectivity index (χ4v) is 6.74. The molecule has 1 aliphatic heterocycles. The topological polar surface area (TPSA) is 161 Å². The van der Waals surface area contributed by atoms with Crippen molar-refractivity contribution in [3.8, 4) is 5.75 Å². The van der Waals surface area contributed by atoms with Crippen molar-refractivity contribution in [2.75, 3.05) is 6.61 Å². The quantitative estimate of drug-likeness (QED) is 0.227. The summed E-state index contributed by atoms with van der Waals surface area (Å²) in [5.41, 5.74) is -3.19. The van der Waals surface area contributed by atoms with Crippen LogP contribution in [0.15, 0.2) is 52.2 Å². The fraction of sp³-hybridized carbons (Fsp3) is 0.542. The molecule has 4 N–H and O–H groups in total. The van der Waals surface area contributed by atoms with Crippen molar-refractivity contribution in [1.82, 2.24) is 14.6 Å². The van der Waals surface area contributed by atoms with Crippen molar-refractivity contribution < 1.29 is 33.5 Å². The molecule has 38 heavy (non-hydrogen) atoms. The van der Waals surface area contributed by atoms with Crippen molar-refractivity contribution in [1.29, 1.82) is 0 Å². The number of carbonyl (C=O) groups excluding carboxylic acids is 1. The molecule has 6 atom stereocenters. The van der Waals surface area contributed by atoms with Crippen LogP contribution in [-0.2, 0) is 30.6 Å². The van der Waals surface area contributed by atoms with E-state index in [1.807, 2.05) is 0 Å². The first-order valence-corrected chi connectivity index (χ1v) is 14.9. The third-order valence-corrected chi connectivity index (χ3v) is 8.79. The molecule has 2 aromatic rings. The summed E-state index contributed by atoms with van der Waals surface area (Å²) in [6.07, 6.45) is -1.69. The van der Waals surface area contributed by atoms with Crippen molar-refractivity contribution in [3.63, 3.8) is 0 Å². The number of nitrogens with one attached hydrogen (secondary N) is 2. The van der Waals surface area contributed by atoms with Gasteiger partial charge in [0.2, 0.25) is 0 Å². The predicted octanol–water partition coefficient (Wildman–Crippen LogP) is 1.19. The van der Waals surface area contributed by atoms with E-state index in [9.17, 15) is 24.6 Å². The van der Waals surface area contributed by atoms with Crippen LogP contribution in [0.1, 0.15) is 39.8 Å². The van der Waals surface area contributed by atoms with Crippen LogP contribution in [0.4, 0.5) is 0 Å². The molecule has 1 aromatic heterocycles. The number of aromatic nitrogens is 2. The molecule has 0 bridgehead atoms. The second-order valence-corrected chi connectivity index (χ2v) is 12.8. The van der Waals surface area contributed by atoms with Gasteiger partial charge in [0.15, 0.2) is 6.23 Å². The Balaban J connectivity index is 1.56. The third kappa shape index (κ3) is 6.26. The summed E-state index contributed by atoms with van der Waals surface area (Å²) in [5, 5.41) is 25.6. The van der Waals surface area contributed by atoms with Crippen LogP contribution in [0.5, 0.6) is 5.75 Å². The molecular formula is C24H32N3O9PS. The van der Waals surface area contributed by atoms with Gasteiger partial charge >= 0.3 is 18.3 Å². The highest BCUT2D eigenvalue weighted by Gasteiger charge is 2.63. The number of aromatic amines is 1.